The van der Waals surface area contributed by atoms with Crippen molar-refractivity contribution >= 4 is 23.0 Å². The first-order valence-electron chi connectivity index (χ1n) is 9.45. The largest absolute Gasteiger partial charge is 0.402 e. The number of aromatic nitrogens is 4. The van der Waals surface area contributed by atoms with E-state index in [2.05, 4.69) is 25.5 Å². The average Bonchev–Trinajstić information content (AvgIpc) is 3.10. The number of nitrogens with one attached hydrogen (secondary N) is 2. The molecule has 1 saturated carbocycles. The van der Waals surface area contributed by atoms with Crippen molar-refractivity contribution in [1.29, 1.82) is 0 Å². The summed E-state index contributed by atoms with van der Waals surface area (Å²) in [5.41, 5.74) is 2.03. The van der Waals surface area contributed by atoms with E-state index in [0.29, 0.717) is 17.0 Å². The van der Waals surface area contributed by atoms with Crippen LogP contribution in [0.15, 0.2) is 28.8 Å². The molecule has 3 aromatic rings. The molecule has 0 radical (unpaired) electrons. The van der Waals surface area contributed by atoms with Crippen LogP contribution in [-0.2, 0) is 4.79 Å². The third-order valence-electron chi connectivity index (χ3n) is 5.85. The van der Waals surface area contributed by atoms with Crippen LogP contribution >= 0.6 is 0 Å². The van der Waals surface area contributed by atoms with Gasteiger partial charge in [0.25, 0.3) is 5.89 Å². The van der Waals surface area contributed by atoms with E-state index in [-0.39, 0.29) is 11.9 Å². The molecule has 0 bridgehead atoms. The number of nitrogens with zero attached hydrogens (tertiary/aromatic N) is 4. The molecule has 1 aliphatic heterocycles. The summed E-state index contributed by atoms with van der Waals surface area (Å²) >= 11 is 0. The highest BCUT2D eigenvalue weighted by Crippen LogP contribution is 2.53. The van der Waals surface area contributed by atoms with Crippen molar-refractivity contribution in [1.82, 2.24) is 25.1 Å². The van der Waals surface area contributed by atoms with Crippen LogP contribution in [0.1, 0.15) is 32.6 Å². The highest BCUT2D eigenvalue weighted by molar-refractivity contribution is 5.84. The van der Waals surface area contributed by atoms with E-state index >= 15 is 0 Å². The molecule has 140 valence electrons. The van der Waals surface area contributed by atoms with E-state index in [1.165, 1.54) is 12.8 Å². The first kappa shape index (κ1) is 16.3. The van der Waals surface area contributed by atoms with Crippen LogP contribution in [0, 0.1) is 5.41 Å². The lowest BCUT2D eigenvalue weighted by Crippen LogP contribution is -2.45. The van der Waals surface area contributed by atoms with Crippen molar-refractivity contribution in [2.75, 3.05) is 18.4 Å². The van der Waals surface area contributed by atoms with Crippen LogP contribution in [0.4, 0.5) is 6.01 Å². The van der Waals surface area contributed by atoms with Crippen LogP contribution in [0.25, 0.3) is 22.6 Å². The number of likely N-dealkylation sites (tertiary alicyclic amines) is 1. The Labute approximate surface area is 156 Å². The van der Waals surface area contributed by atoms with Crippen molar-refractivity contribution < 1.29 is 9.21 Å². The quantitative estimate of drug-likeness (QED) is 0.736. The Morgan fingerprint density at radius 1 is 1.30 bits per heavy atom. The third-order valence-corrected chi connectivity index (χ3v) is 5.85. The van der Waals surface area contributed by atoms with Gasteiger partial charge < -0.3 is 19.6 Å². The molecule has 2 aliphatic rings. The zero-order valence-corrected chi connectivity index (χ0v) is 15.2. The molecular formula is C19H22N6O2. The zero-order valence-electron chi connectivity index (χ0n) is 15.2. The molecule has 1 atom stereocenters. The van der Waals surface area contributed by atoms with Gasteiger partial charge in [0.15, 0.2) is 0 Å². The third kappa shape index (κ3) is 3.05. The smallest absolute Gasteiger partial charge is 0.316 e. The molecule has 1 spiro atoms. The maximum Gasteiger partial charge on any atom is 0.316 e. The number of piperidine rings is 1. The van der Waals surface area contributed by atoms with Gasteiger partial charge in [0, 0.05) is 24.7 Å². The summed E-state index contributed by atoms with van der Waals surface area (Å²) < 4.78 is 5.69. The highest BCUT2D eigenvalue weighted by Gasteiger charge is 2.45. The first-order chi connectivity index (χ1) is 13.1. The second-order valence-electron chi connectivity index (χ2n) is 7.73. The predicted octanol–water partition coefficient (Wildman–Crippen LogP) is 2.82. The standard InChI is InChI=1S/C19H22N6O2/c1-12(17(26)25-9-6-19(4-5-19)7-10-25)21-18-24-23-16(27-18)14-11-13-3-2-8-20-15(13)22-14/h2-3,8,11-12H,4-7,9-10H2,1H3,(H,20,22)(H,21,24)/t12-/m1/s1. The Morgan fingerprint density at radius 2 is 2.11 bits per heavy atom. The van der Waals surface area contributed by atoms with Gasteiger partial charge in [-0.2, -0.15) is 0 Å². The Balaban J connectivity index is 1.25. The molecule has 4 heterocycles. The van der Waals surface area contributed by atoms with E-state index in [9.17, 15) is 4.79 Å². The van der Waals surface area contributed by atoms with Crippen LogP contribution in [0.5, 0.6) is 0 Å². The first-order valence-corrected chi connectivity index (χ1v) is 9.45. The lowest BCUT2D eigenvalue weighted by Gasteiger charge is -2.33. The summed E-state index contributed by atoms with van der Waals surface area (Å²) in [4.78, 5) is 22.1. The molecule has 8 nitrogen and oxygen atoms in total. The van der Waals surface area contributed by atoms with Crippen LogP contribution in [0.2, 0.25) is 0 Å². The van der Waals surface area contributed by atoms with Crippen LogP contribution in [0.3, 0.4) is 0 Å². The minimum Gasteiger partial charge on any atom is -0.402 e. The Hall–Kier alpha value is -2.90. The van der Waals surface area contributed by atoms with E-state index in [4.69, 9.17) is 4.42 Å². The lowest BCUT2D eigenvalue weighted by molar-refractivity contribution is -0.133. The monoisotopic (exact) mass is 366 g/mol. The number of aromatic amines is 1. The fourth-order valence-electron chi connectivity index (χ4n) is 3.86. The van der Waals surface area contributed by atoms with E-state index in [1.54, 1.807) is 6.20 Å². The molecule has 8 heteroatoms. The van der Waals surface area contributed by atoms with Gasteiger partial charge >= 0.3 is 6.01 Å². The second-order valence-corrected chi connectivity index (χ2v) is 7.73. The Kier molecular flexibility index (Phi) is 3.66. The van der Waals surface area contributed by atoms with Gasteiger partial charge in [-0.15, -0.1) is 5.10 Å². The number of pyridine rings is 1. The number of rotatable bonds is 4. The summed E-state index contributed by atoms with van der Waals surface area (Å²) in [6, 6.07) is 5.59. The van der Waals surface area contributed by atoms with E-state index in [0.717, 1.165) is 37.0 Å². The van der Waals surface area contributed by atoms with Crippen LogP contribution in [-0.4, -0.2) is 50.1 Å². The fraction of sp³-hybridized carbons (Fsp3) is 0.474. The molecule has 5 rings (SSSR count). The lowest BCUT2D eigenvalue weighted by atomic mass is 9.93. The van der Waals surface area contributed by atoms with Gasteiger partial charge in [-0.1, -0.05) is 5.10 Å². The molecule has 3 aromatic heterocycles. The summed E-state index contributed by atoms with van der Waals surface area (Å²) in [5, 5.41) is 12.1. The molecule has 1 amide bonds. The number of carbonyl (C=O) groups is 1. The molecule has 1 saturated heterocycles. The zero-order chi connectivity index (χ0) is 18.4. The van der Waals surface area contributed by atoms with Gasteiger partial charge in [0.2, 0.25) is 5.91 Å². The number of amides is 1. The topological polar surface area (TPSA) is 99.9 Å². The van der Waals surface area contributed by atoms with Crippen molar-refractivity contribution in [2.45, 2.75) is 38.6 Å². The molecule has 0 aromatic carbocycles. The summed E-state index contributed by atoms with van der Waals surface area (Å²) in [7, 11) is 0. The van der Waals surface area contributed by atoms with Gasteiger partial charge in [0.1, 0.15) is 17.4 Å². The maximum atomic E-state index is 12.7. The molecule has 0 unspecified atom stereocenters. The van der Waals surface area contributed by atoms with Gasteiger partial charge in [0.05, 0.1) is 0 Å². The minimum atomic E-state index is -0.407. The summed E-state index contributed by atoms with van der Waals surface area (Å²) in [5.74, 6) is 0.448. The van der Waals surface area contributed by atoms with Crippen LogP contribution < -0.4 is 5.32 Å². The van der Waals surface area contributed by atoms with E-state index in [1.807, 2.05) is 30.0 Å². The Morgan fingerprint density at radius 3 is 2.85 bits per heavy atom. The molecule has 27 heavy (non-hydrogen) atoms. The molecule has 2 N–H and O–H groups in total. The van der Waals surface area contributed by atoms with Crippen molar-refractivity contribution in [2.24, 2.45) is 5.41 Å². The number of hydrogen-bond donors (Lipinski definition) is 2. The molecule has 1 aliphatic carbocycles. The second kappa shape index (κ2) is 6.07. The molecular weight excluding hydrogens is 344 g/mol. The summed E-state index contributed by atoms with van der Waals surface area (Å²) in [6.07, 6.45) is 6.64. The normalized spacial score (nSPS) is 19.4. The number of hydrogen-bond acceptors (Lipinski definition) is 6. The Bertz CT molecular complexity index is 946. The predicted molar refractivity (Wildman–Crippen MR) is 100.0 cm³/mol. The van der Waals surface area contributed by atoms with Gasteiger partial charge in [-0.25, -0.2) is 4.98 Å². The number of carbonyl (C=O) groups excluding carboxylic acids is 1. The fourth-order valence-corrected chi connectivity index (χ4v) is 3.86. The van der Waals surface area contributed by atoms with Gasteiger partial charge in [-0.3, -0.25) is 4.79 Å². The summed E-state index contributed by atoms with van der Waals surface area (Å²) in [6.45, 7) is 3.53. The maximum absolute atomic E-state index is 12.7. The van der Waals surface area contributed by atoms with Crippen molar-refractivity contribution in [3.8, 4) is 11.6 Å². The number of H-pyrrole nitrogens is 1. The van der Waals surface area contributed by atoms with E-state index < -0.39 is 6.04 Å². The van der Waals surface area contributed by atoms with Crippen molar-refractivity contribution in [3.63, 3.8) is 0 Å². The highest BCUT2D eigenvalue weighted by atomic mass is 16.4. The SMILES string of the molecule is C[C@@H](Nc1nnc(-c2cc3cccnc3[nH]2)o1)C(=O)N1CCC2(CC1)CC2. The van der Waals surface area contributed by atoms with Crippen molar-refractivity contribution in [3.05, 3.63) is 24.4 Å². The minimum absolute atomic E-state index is 0.0834. The number of anilines is 1. The number of fused-ring (bicyclic) bond motifs is 1. The average molecular weight is 366 g/mol. The molecule has 2 fully saturated rings. The van der Waals surface area contributed by atoms with Gasteiger partial charge in [-0.05, 0) is 56.2 Å².